The van der Waals surface area contributed by atoms with E-state index < -0.39 is 8.32 Å². The molecule has 0 spiro atoms. The van der Waals surface area contributed by atoms with Gasteiger partial charge < -0.3 is 8.99 Å². The summed E-state index contributed by atoms with van der Waals surface area (Å²) in [6.07, 6.45) is 5.59. The highest BCUT2D eigenvalue weighted by atomic mass is 79.9. The summed E-state index contributed by atoms with van der Waals surface area (Å²) in [5, 5.41) is 0.194. The van der Waals surface area contributed by atoms with Crippen LogP contribution in [0.4, 0.5) is 0 Å². The molecule has 0 bridgehead atoms. The number of benzene rings is 1. The van der Waals surface area contributed by atoms with Crippen molar-refractivity contribution < 1.29 is 4.43 Å². The number of hydrogen-bond acceptors (Lipinski definition) is 2. The molecule has 0 unspecified atom stereocenters. The average Bonchev–Trinajstić information content (AvgIpc) is 2.78. The minimum Gasteiger partial charge on any atom is -0.543 e. The van der Waals surface area contributed by atoms with Crippen LogP contribution in [0.25, 0.3) is 0 Å². The molecule has 0 aliphatic carbocycles. The number of hydrogen-bond donors (Lipinski definition) is 0. The second-order valence-corrected chi connectivity index (χ2v) is 12.5. The van der Waals surface area contributed by atoms with Gasteiger partial charge in [-0.15, -0.1) is 0 Å². The van der Waals surface area contributed by atoms with Crippen molar-refractivity contribution in [2.24, 2.45) is 0 Å². The fraction of sp³-hybridized carbons (Fsp3) is 0.438. The van der Waals surface area contributed by atoms with Crippen LogP contribution in [0.3, 0.4) is 0 Å². The molecule has 0 atom stereocenters. The van der Waals surface area contributed by atoms with Crippen molar-refractivity contribution in [2.45, 2.75) is 45.4 Å². The Kier molecular flexibility index (Phi) is 4.63. The Labute approximate surface area is 136 Å². The molecule has 0 saturated heterocycles. The fourth-order valence-corrected chi connectivity index (χ4v) is 3.34. The summed E-state index contributed by atoms with van der Waals surface area (Å²) in [6, 6.07) is 6.31. The zero-order valence-corrected chi connectivity index (χ0v) is 15.9. The van der Waals surface area contributed by atoms with Crippen molar-refractivity contribution in [3.63, 3.8) is 0 Å². The van der Waals surface area contributed by atoms with Crippen molar-refractivity contribution in [1.29, 1.82) is 0 Å². The molecule has 1 heterocycles. The summed E-state index contributed by atoms with van der Waals surface area (Å²) in [4.78, 5) is 4.08. The molecule has 0 aliphatic heterocycles. The van der Waals surface area contributed by atoms with Gasteiger partial charge in [-0.3, -0.25) is 0 Å². The summed E-state index contributed by atoms with van der Waals surface area (Å²) in [5.41, 5.74) is 1.20. The lowest BCUT2D eigenvalue weighted by molar-refractivity contribution is 0.491. The normalized spacial score (nSPS) is 12.5. The Hall–Kier alpha value is -1.07. The molecule has 3 nitrogen and oxygen atoms in total. The van der Waals surface area contributed by atoms with Crippen LogP contribution in [0, 0.1) is 0 Å². The molecule has 2 aromatic rings. The van der Waals surface area contributed by atoms with Gasteiger partial charge in [-0.05, 0) is 41.9 Å². The molecule has 0 saturated carbocycles. The highest BCUT2D eigenvalue weighted by molar-refractivity contribution is 9.10. The Morgan fingerprint density at radius 2 is 1.95 bits per heavy atom. The lowest BCUT2D eigenvalue weighted by atomic mass is 10.2. The number of imidazole rings is 1. The molecule has 0 radical (unpaired) electrons. The van der Waals surface area contributed by atoms with Crippen LogP contribution in [0.15, 0.2) is 41.4 Å². The third kappa shape index (κ3) is 4.20. The van der Waals surface area contributed by atoms with Gasteiger partial charge in [0.1, 0.15) is 5.75 Å². The zero-order chi connectivity index (χ0) is 15.7. The van der Waals surface area contributed by atoms with Crippen molar-refractivity contribution in [3.05, 3.63) is 47.0 Å². The van der Waals surface area contributed by atoms with E-state index in [1.165, 1.54) is 5.56 Å². The van der Waals surface area contributed by atoms with Crippen LogP contribution in [0.1, 0.15) is 26.3 Å². The van der Waals surface area contributed by atoms with Gasteiger partial charge in [-0.25, -0.2) is 4.98 Å². The van der Waals surface area contributed by atoms with Crippen LogP contribution < -0.4 is 4.43 Å². The molecule has 0 fully saturated rings. The van der Waals surface area contributed by atoms with Gasteiger partial charge in [-0.1, -0.05) is 36.7 Å². The van der Waals surface area contributed by atoms with Crippen LogP contribution in [0.2, 0.25) is 18.1 Å². The number of nitrogens with zero attached hydrogens (tertiary/aromatic N) is 2. The maximum Gasteiger partial charge on any atom is 0.250 e. The van der Waals surface area contributed by atoms with Crippen LogP contribution in [-0.2, 0) is 6.54 Å². The standard InChI is InChI=1S/C16H23BrN2OSi/c1-16(2,3)21(4,5)20-15-9-13(8-14(17)10-15)11-19-7-6-18-12-19/h6-10,12H,11H2,1-5H3. The molecule has 0 N–H and O–H groups in total. The van der Waals surface area contributed by atoms with Crippen molar-refractivity contribution in [3.8, 4) is 5.75 Å². The third-order valence-electron chi connectivity index (χ3n) is 4.03. The van der Waals surface area contributed by atoms with E-state index in [-0.39, 0.29) is 5.04 Å². The zero-order valence-electron chi connectivity index (χ0n) is 13.4. The third-order valence-corrected chi connectivity index (χ3v) is 8.85. The highest BCUT2D eigenvalue weighted by Crippen LogP contribution is 2.38. The first kappa shape index (κ1) is 16.3. The first-order chi connectivity index (χ1) is 9.67. The Balaban J connectivity index is 2.23. The molecule has 21 heavy (non-hydrogen) atoms. The minimum atomic E-state index is -1.81. The van der Waals surface area contributed by atoms with Crippen LogP contribution in [0.5, 0.6) is 5.75 Å². The number of rotatable bonds is 4. The molecule has 0 aliphatic rings. The number of aromatic nitrogens is 2. The predicted molar refractivity (Wildman–Crippen MR) is 93.3 cm³/mol. The Bertz CT molecular complexity index is 603. The quantitative estimate of drug-likeness (QED) is 0.705. The molecule has 114 valence electrons. The van der Waals surface area contributed by atoms with E-state index in [1.54, 1.807) is 6.20 Å². The average molecular weight is 367 g/mol. The molecular formula is C16H23BrN2OSi. The SMILES string of the molecule is CC(C)(C)[Si](C)(C)Oc1cc(Br)cc(Cn2ccnc2)c1. The first-order valence-electron chi connectivity index (χ1n) is 7.12. The van der Waals surface area contributed by atoms with Gasteiger partial charge in [0, 0.05) is 23.4 Å². The first-order valence-corrected chi connectivity index (χ1v) is 10.8. The smallest absolute Gasteiger partial charge is 0.250 e. The summed E-state index contributed by atoms with van der Waals surface area (Å²) >= 11 is 3.59. The molecular weight excluding hydrogens is 344 g/mol. The Morgan fingerprint density at radius 3 is 2.52 bits per heavy atom. The van der Waals surface area contributed by atoms with E-state index in [0.717, 1.165) is 16.8 Å². The molecule has 2 rings (SSSR count). The largest absolute Gasteiger partial charge is 0.543 e. The summed E-state index contributed by atoms with van der Waals surface area (Å²) in [6.45, 7) is 12.1. The predicted octanol–water partition coefficient (Wildman–Crippen LogP) is 5.08. The maximum absolute atomic E-state index is 6.39. The Morgan fingerprint density at radius 1 is 1.24 bits per heavy atom. The van der Waals surface area contributed by atoms with E-state index in [9.17, 15) is 0 Å². The molecule has 5 heteroatoms. The minimum absolute atomic E-state index is 0.194. The molecule has 1 aromatic carbocycles. The summed E-state index contributed by atoms with van der Waals surface area (Å²) < 4.78 is 9.49. The number of halogens is 1. The van der Waals surface area contributed by atoms with Gasteiger partial charge in [-0.2, -0.15) is 0 Å². The maximum atomic E-state index is 6.39. The second-order valence-electron chi connectivity index (χ2n) is 6.89. The summed E-state index contributed by atoms with van der Waals surface area (Å²) in [5.74, 6) is 0.950. The molecule has 0 amide bonds. The van der Waals surface area contributed by atoms with Crippen molar-refractivity contribution in [2.75, 3.05) is 0 Å². The van der Waals surface area contributed by atoms with Crippen molar-refractivity contribution >= 4 is 24.2 Å². The lowest BCUT2D eigenvalue weighted by Crippen LogP contribution is -2.43. The van der Waals surface area contributed by atoms with Gasteiger partial charge in [0.2, 0.25) is 8.32 Å². The fourth-order valence-electron chi connectivity index (χ4n) is 1.81. The van der Waals surface area contributed by atoms with E-state index in [4.69, 9.17) is 4.43 Å². The van der Waals surface area contributed by atoms with E-state index >= 15 is 0 Å². The van der Waals surface area contributed by atoms with Crippen LogP contribution in [-0.4, -0.2) is 17.9 Å². The van der Waals surface area contributed by atoms with Gasteiger partial charge in [0.05, 0.1) is 6.33 Å². The summed E-state index contributed by atoms with van der Waals surface area (Å²) in [7, 11) is -1.81. The van der Waals surface area contributed by atoms with E-state index in [2.05, 4.69) is 77.5 Å². The lowest BCUT2D eigenvalue weighted by Gasteiger charge is -2.36. The highest BCUT2D eigenvalue weighted by Gasteiger charge is 2.39. The van der Waals surface area contributed by atoms with E-state index in [0.29, 0.717) is 0 Å². The topological polar surface area (TPSA) is 27.1 Å². The van der Waals surface area contributed by atoms with E-state index in [1.807, 2.05) is 12.5 Å². The molecule has 1 aromatic heterocycles. The van der Waals surface area contributed by atoms with Gasteiger partial charge in [0.25, 0.3) is 0 Å². The van der Waals surface area contributed by atoms with Crippen molar-refractivity contribution in [1.82, 2.24) is 9.55 Å². The van der Waals surface area contributed by atoms with Crippen LogP contribution >= 0.6 is 15.9 Å². The van der Waals surface area contributed by atoms with Gasteiger partial charge in [0.15, 0.2) is 0 Å². The monoisotopic (exact) mass is 366 g/mol. The second kappa shape index (κ2) is 5.97. The van der Waals surface area contributed by atoms with Gasteiger partial charge >= 0.3 is 0 Å².